The van der Waals surface area contributed by atoms with E-state index in [4.69, 9.17) is 19.7 Å². The fourth-order valence-electron chi connectivity index (χ4n) is 4.06. The molecule has 3 aromatic rings. The van der Waals surface area contributed by atoms with Gasteiger partial charge < -0.3 is 24.4 Å². The van der Waals surface area contributed by atoms with Crippen LogP contribution in [0.3, 0.4) is 0 Å². The maximum absolute atomic E-state index is 12.8. The van der Waals surface area contributed by atoms with Gasteiger partial charge in [-0.05, 0) is 29.7 Å². The van der Waals surface area contributed by atoms with E-state index in [-0.39, 0.29) is 32.6 Å². The van der Waals surface area contributed by atoms with Crippen LogP contribution in [-0.4, -0.2) is 73.1 Å². The third kappa shape index (κ3) is 7.59. The number of carboxylic acid groups (broad SMARTS) is 2. The Bertz CT molecular complexity index is 1440. The molecular weight excluding hydrogens is 579 g/mol. The van der Waals surface area contributed by atoms with Crippen molar-refractivity contribution in [3.8, 4) is 10.6 Å². The molecule has 11 nitrogen and oxygen atoms in total. The highest BCUT2D eigenvalue weighted by atomic mass is 32.2. The highest BCUT2D eigenvalue weighted by Gasteiger charge is 2.42. The van der Waals surface area contributed by atoms with Crippen molar-refractivity contribution >= 4 is 33.4 Å². The lowest BCUT2D eigenvalue weighted by atomic mass is 10.1. The summed E-state index contributed by atoms with van der Waals surface area (Å²) in [6.45, 7) is 2.30. The fraction of sp³-hybridized carbons (Fsp3) is 0.375. The maximum Gasteiger partial charge on any atom is 0.503 e. The van der Waals surface area contributed by atoms with Crippen LogP contribution in [0.2, 0.25) is 0 Å². The van der Waals surface area contributed by atoms with Gasteiger partial charge in [-0.3, -0.25) is 4.79 Å². The van der Waals surface area contributed by atoms with Crippen molar-refractivity contribution in [2.24, 2.45) is 0 Å². The molecule has 3 N–H and O–H groups in total. The molecule has 16 heteroatoms. The Kier molecular flexibility index (Phi) is 8.82. The number of benzene rings is 1. The number of rotatable bonds is 7. The standard InChI is InChI=1S/C23H22F3N3O5S2.CH2O3/c24-23(25,26)20-13-18(27-34-20)19-5-6-22(35-19)36(31,32)28-17-12-16(17)15-3-1-14(2-4-15)11-21(30)29-7-9-33-10-8-29;2-1(3)4/h1-6,13,16-17,28H,7-12H2;(H2,2,3,4)/t16-,17+;/m0./s1. The van der Waals surface area contributed by atoms with Crippen molar-refractivity contribution in [3.63, 3.8) is 0 Å². The molecule has 2 fully saturated rings. The summed E-state index contributed by atoms with van der Waals surface area (Å²) in [6, 6.07) is 10.8. The van der Waals surface area contributed by atoms with Crippen LogP contribution in [-0.2, 0) is 32.2 Å². The minimum atomic E-state index is -4.67. The van der Waals surface area contributed by atoms with E-state index in [9.17, 15) is 26.4 Å². The second-order valence-corrected chi connectivity index (χ2v) is 12.0. The number of amides is 1. The zero-order valence-corrected chi connectivity index (χ0v) is 22.3. The number of ether oxygens (including phenoxy) is 1. The Morgan fingerprint density at radius 2 is 1.75 bits per heavy atom. The molecule has 1 saturated heterocycles. The number of alkyl halides is 3. The predicted molar refractivity (Wildman–Crippen MR) is 134 cm³/mol. The summed E-state index contributed by atoms with van der Waals surface area (Å²) in [5.74, 6) is -1.18. The summed E-state index contributed by atoms with van der Waals surface area (Å²) in [4.78, 5) is 23.0. The number of hydrogen-bond donors (Lipinski definition) is 3. The van der Waals surface area contributed by atoms with Crippen molar-refractivity contribution in [1.82, 2.24) is 14.8 Å². The number of nitrogens with zero attached hydrogens (tertiary/aromatic N) is 2. The molecule has 0 unspecified atom stereocenters. The average molecular weight is 604 g/mol. The van der Waals surface area contributed by atoms with E-state index < -0.39 is 28.1 Å². The molecule has 40 heavy (non-hydrogen) atoms. The van der Waals surface area contributed by atoms with Crippen LogP contribution in [0.15, 0.2) is 51.2 Å². The number of hydrogen-bond acceptors (Lipinski definition) is 8. The summed E-state index contributed by atoms with van der Waals surface area (Å²) in [5.41, 5.74) is 1.78. The maximum atomic E-state index is 12.8. The second kappa shape index (κ2) is 12.0. The van der Waals surface area contributed by atoms with Crippen molar-refractivity contribution < 1.29 is 50.7 Å². The number of thiophene rings is 1. The van der Waals surface area contributed by atoms with Gasteiger partial charge in [-0.25, -0.2) is 17.9 Å². The molecule has 1 aromatic carbocycles. The smallest absolute Gasteiger partial charge is 0.450 e. The highest BCUT2D eigenvalue weighted by Crippen LogP contribution is 2.42. The topological polar surface area (TPSA) is 159 Å². The van der Waals surface area contributed by atoms with Gasteiger partial charge in [0.25, 0.3) is 0 Å². The number of carbonyl (C=O) groups is 2. The van der Waals surface area contributed by atoms with E-state index in [0.29, 0.717) is 39.1 Å². The summed E-state index contributed by atoms with van der Waals surface area (Å²) < 4.78 is 76.1. The average Bonchev–Trinajstić information content (AvgIpc) is 3.26. The summed E-state index contributed by atoms with van der Waals surface area (Å²) in [5, 5.41) is 17.3. The third-order valence-electron chi connectivity index (χ3n) is 6.11. The van der Waals surface area contributed by atoms with Gasteiger partial charge in [-0.2, -0.15) is 13.2 Å². The molecule has 0 bridgehead atoms. The lowest BCUT2D eigenvalue weighted by Gasteiger charge is -2.26. The molecule has 0 radical (unpaired) electrons. The number of halogens is 3. The zero-order valence-electron chi connectivity index (χ0n) is 20.6. The number of carbonyl (C=O) groups excluding carboxylic acids is 1. The minimum Gasteiger partial charge on any atom is -0.450 e. The van der Waals surface area contributed by atoms with Gasteiger partial charge in [-0.1, -0.05) is 29.4 Å². The summed E-state index contributed by atoms with van der Waals surface area (Å²) in [7, 11) is -3.86. The first-order valence-corrected chi connectivity index (χ1v) is 14.2. The van der Waals surface area contributed by atoms with Gasteiger partial charge in [0.15, 0.2) is 0 Å². The van der Waals surface area contributed by atoms with Crippen molar-refractivity contribution in [3.05, 3.63) is 59.4 Å². The highest BCUT2D eigenvalue weighted by molar-refractivity contribution is 7.91. The van der Waals surface area contributed by atoms with Crippen LogP contribution >= 0.6 is 11.3 Å². The Labute approximate surface area is 230 Å². The third-order valence-corrected chi connectivity index (χ3v) is 9.20. The number of morpholine rings is 1. The normalized spacial score (nSPS) is 19.0. The van der Waals surface area contributed by atoms with E-state index in [0.717, 1.165) is 28.5 Å². The first-order chi connectivity index (χ1) is 18.8. The van der Waals surface area contributed by atoms with E-state index in [1.165, 1.54) is 12.1 Å². The summed E-state index contributed by atoms with van der Waals surface area (Å²) >= 11 is 0.819. The second-order valence-electron chi connectivity index (χ2n) is 8.96. The Morgan fingerprint density at radius 3 is 2.35 bits per heavy atom. The molecule has 0 spiro atoms. The summed E-state index contributed by atoms with van der Waals surface area (Å²) in [6.07, 6.45) is -5.57. The molecule has 5 rings (SSSR count). The fourth-order valence-corrected chi connectivity index (χ4v) is 6.62. The predicted octanol–water partition coefficient (Wildman–Crippen LogP) is 3.88. The van der Waals surface area contributed by atoms with Gasteiger partial charge in [0, 0.05) is 31.1 Å². The monoisotopic (exact) mass is 603 g/mol. The molecule has 2 atom stereocenters. The molecule has 1 aliphatic heterocycles. The van der Waals surface area contributed by atoms with Crippen molar-refractivity contribution in [1.29, 1.82) is 0 Å². The first kappa shape index (κ1) is 29.5. The Balaban J connectivity index is 0.000000867. The number of aromatic nitrogens is 1. The van der Waals surface area contributed by atoms with Crippen LogP contribution in [0, 0.1) is 0 Å². The van der Waals surface area contributed by atoms with Crippen LogP contribution in [0.25, 0.3) is 10.6 Å². The van der Waals surface area contributed by atoms with Crippen LogP contribution in [0.4, 0.5) is 18.0 Å². The van der Waals surface area contributed by atoms with Gasteiger partial charge in [0.2, 0.25) is 21.7 Å². The van der Waals surface area contributed by atoms with Crippen LogP contribution in [0.1, 0.15) is 29.2 Å². The lowest BCUT2D eigenvalue weighted by Crippen LogP contribution is -2.41. The molecule has 1 amide bonds. The largest absolute Gasteiger partial charge is 0.503 e. The Morgan fingerprint density at radius 1 is 1.10 bits per heavy atom. The van der Waals surface area contributed by atoms with Gasteiger partial charge in [0.1, 0.15) is 9.90 Å². The molecular formula is C24H24F3N3O8S2. The van der Waals surface area contributed by atoms with Crippen molar-refractivity contribution in [2.45, 2.75) is 35.2 Å². The van der Waals surface area contributed by atoms with Crippen LogP contribution in [0.5, 0.6) is 0 Å². The van der Waals surface area contributed by atoms with Crippen LogP contribution < -0.4 is 4.72 Å². The van der Waals surface area contributed by atoms with Gasteiger partial charge in [-0.15, -0.1) is 11.3 Å². The van der Waals surface area contributed by atoms with Crippen molar-refractivity contribution in [2.75, 3.05) is 26.3 Å². The SMILES string of the molecule is O=C(Cc1ccc([C@@H]2C[C@H]2NS(=O)(=O)c2ccc(-c3cc(C(F)(F)F)on3)s2)cc1)N1CCOCC1.O=C(O)O. The lowest BCUT2D eigenvalue weighted by molar-refractivity contribution is -0.155. The van der Waals surface area contributed by atoms with Gasteiger partial charge >= 0.3 is 12.3 Å². The quantitative estimate of drug-likeness (QED) is 0.364. The molecule has 2 aliphatic rings. The number of nitrogens with one attached hydrogen (secondary N) is 1. The minimum absolute atomic E-state index is 0.00749. The zero-order chi connectivity index (χ0) is 29.1. The van der Waals surface area contributed by atoms with E-state index in [2.05, 4.69) is 14.4 Å². The molecule has 3 heterocycles. The van der Waals surface area contributed by atoms with E-state index >= 15 is 0 Å². The molecule has 1 aliphatic carbocycles. The van der Waals surface area contributed by atoms with Gasteiger partial charge in [0.05, 0.1) is 24.5 Å². The molecule has 2 aromatic heterocycles. The molecule has 216 valence electrons. The Hall–Kier alpha value is -3.47. The van der Waals surface area contributed by atoms with E-state index in [1.807, 2.05) is 24.3 Å². The number of sulfonamides is 1. The first-order valence-electron chi connectivity index (χ1n) is 11.9. The molecule has 1 saturated carbocycles. The van der Waals surface area contributed by atoms with E-state index in [1.54, 1.807) is 4.90 Å².